The van der Waals surface area contributed by atoms with E-state index in [1.807, 2.05) is 22.7 Å². The lowest BCUT2D eigenvalue weighted by Crippen LogP contribution is -2.09. The molecule has 0 unspecified atom stereocenters. The van der Waals surface area contributed by atoms with Crippen LogP contribution in [0.2, 0.25) is 0 Å². The molecule has 0 aliphatic rings. The third-order valence-electron chi connectivity index (χ3n) is 24.1. The molecule has 6 heteroatoms. The van der Waals surface area contributed by atoms with E-state index in [1.54, 1.807) is 0 Å². The topological polar surface area (TPSA) is 16.3 Å². The second kappa shape index (κ2) is 29.5. The molecule has 0 bridgehead atoms. The van der Waals surface area contributed by atoms with Crippen LogP contribution in [0.4, 0.5) is 34.1 Å². The van der Waals surface area contributed by atoms with Crippen LogP contribution in [0.1, 0.15) is 0 Å². The highest BCUT2D eigenvalue weighted by Crippen LogP contribution is 2.53. The molecule has 0 N–H and O–H groups in total. The highest BCUT2D eigenvalue weighted by molar-refractivity contribution is 7.27. The van der Waals surface area contributed by atoms with Crippen molar-refractivity contribution >= 4 is 173 Å². The van der Waals surface area contributed by atoms with Gasteiger partial charge in [-0.2, -0.15) is 0 Å². The number of benzene rings is 20. The minimum atomic E-state index is 1.11. The van der Waals surface area contributed by atoms with Crippen LogP contribution in [0, 0.1) is 0 Å². The molecule has 0 spiro atoms. The second-order valence-corrected chi connectivity index (χ2v) is 33.1. The van der Waals surface area contributed by atoms with Crippen molar-refractivity contribution in [2.75, 3.05) is 9.80 Å². The molecule has 0 aliphatic carbocycles. The highest BCUT2D eigenvalue weighted by Gasteiger charge is 2.27. The van der Waals surface area contributed by atoms with E-state index < -0.39 is 0 Å². The average molecular weight is 1560 g/mol. The number of para-hydroxylation sites is 4. The van der Waals surface area contributed by atoms with Gasteiger partial charge in [0, 0.05) is 118 Å². The standard InChI is InChI=1S/C58H38N2S.C56H36N2S/c1-5-15-39(16-6-1)41-25-31-47(32-26-41)59(45-19-9-3-10-20-45)48-33-27-42(28-34-48)43-29-35-53-51(37-43)56-57(60(53)46-21-11-4-12-22-46)50-24-14-13-23-49(50)55-52-38-44(40-17-7-2-8-18-40)30-36-54(52)61-58(55)56;1-4-14-37(15-5-1)42-28-33-52-50(36-42)53-47-22-12-13-23-48(47)55-54(56(53)59-52)49-35-41(27-32-51(49)58(55)44-20-8-3-9-21-44)39-24-29-45(30-25-39)57(43-18-6-2-7-19-43)46-31-26-38-16-10-11-17-40(38)34-46/h1-38H;1-36H. The summed E-state index contributed by atoms with van der Waals surface area (Å²) in [5.41, 5.74) is 26.1. The molecule has 562 valence electrons. The van der Waals surface area contributed by atoms with Crippen LogP contribution >= 0.6 is 22.7 Å². The number of hydrogen-bond donors (Lipinski definition) is 0. The quantitative estimate of drug-likeness (QED) is 0.114. The van der Waals surface area contributed by atoms with Crippen molar-refractivity contribution in [2.45, 2.75) is 0 Å². The summed E-state index contributed by atoms with van der Waals surface area (Å²) in [6, 6.07) is 163. The summed E-state index contributed by atoms with van der Waals surface area (Å²) >= 11 is 3.83. The number of anilines is 6. The van der Waals surface area contributed by atoms with Gasteiger partial charge >= 0.3 is 0 Å². The molecule has 4 nitrogen and oxygen atoms in total. The molecular formula is C114H74N4S2. The zero-order chi connectivity index (χ0) is 79.1. The van der Waals surface area contributed by atoms with Crippen molar-refractivity contribution in [1.82, 2.24) is 9.13 Å². The molecule has 4 aromatic heterocycles. The Balaban J connectivity index is 0.000000140. The van der Waals surface area contributed by atoms with Crippen LogP contribution in [-0.2, 0) is 0 Å². The molecular weight excluding hydrogens is 1490 g/mol. The average Bonchev–Trinajstić information content (AvgIpc) is 1.54. The molecule has 24 rings (SSSR count). The number of hydrogen-bond acceptors (Lipinski definition) is 4. The van der Waals surface area contributed by atoms with Gasteiger partial charge in [-0.1, -0.05) is 303 Å². The minimum Gasteiger partial charge on any atom is -0.311 e. The fourth-order valence-electron chi connectivity index (χ4n) is 18.5. The third-order valence-corrected chi connectivity index (χ3v) is 26.5. The molecule has 4 heterocycles. The first-order valence-electron chi connectivity index (χ1n) is 41.0. The first-order valence-corrected chi connectivity index (χ1v) is 42.6. The molecule has 20 aromatic carbocycles. The van der Waals surface area contributed by atoms with Crippen molar-refractivity contribution in [1.29, 1.82) is 0 Å². The zero-order valence-corrected chi connectivity index (χ0v) is 67.0. The number of rotatable bonds is 13. The van der Waals surface area contributed by atoms with Gasteiger partial charge in [-0.3, -0.25) is 0 Å². The predicted molar refractivity (Wildman–Crippen MR) is 516 cm³/mol. The van der Waals surface area contributed by atoms with Crippen LogP contribution in [0.25, 0.3) is 183 Å². The summed E-state index contributed by atoms with van der Waals surface area (Å²) < 4.78 is 10.2. The van der Waals surface area contributed by atoms with Crippen molar-refractivity contribution in [3.8, 4) is 67.0 Å². The maximum absolute atomic E-state index is 2.49. The van der Waals surface area contributed by atoms with Crippen LogP contribution < -0.4 is 9.80 Å². The lowest BCUT2D eigenvalue weighted by atomic mass is 9.97. The van der Waals surface area contributed by atoms with Crippen molar-refractivity contribution in [2.24, 2.45) is 0 Å². The summed E-state index contributed by atoms with van der Waals surface area (Å²) in [6.07, 6.45) is 0. The Morgan fingerprint density at radius 2 is 0.458 bits per heavy atom. The largest absolute Gasteiger partial charge is 0.311 e. The highest BCUT2D eigenvalue weighted by atomic mass is 32.1. The molecule has 24 aromatic rings. The summed E-state index contributed by atoms with van der Waals surface area (Å²) in [6.45, 7) is 0. The van der Waals surface area contributed by atoms with Crippen molar-refractivity contribution in [3.05, 3.63) is 449 Å². The molecule has 0 amide bonds. The second-order valence-electron chi connectivity index (χ2n) is 31.0. The molecule has 0 saturated heterocycles. The van der Waals surface area contributed by atoms with Crippen LogP contribution in [0.15, 0.2) is 449 Å². The molecule has 0 radical (unpaired) electrons. The van der Waals surface area contributed by atoms with Gasteiger partial charge < -0.3 is 18.9 Å². The van der Waals surface area contributed by atoms with Gasteiger partial charge in [-0.15, -0.1) is 22.7 Å². The van der Waals surface area contributed by atoms with E-state index in [-0.39, 0.29) is 0 Å². The monoisotopic (exact) mass is 1560 g/mol. The fraction of sp³-hybridized carbons (Fsp3) is 0. The van der Waals surface area contributed by atoms with Gasteiger partial charge in [-0.05, 0) is 223 Å². The van der Waals surface area contributed by atoms with E-state index in [0.29, 0.717) is 0 Å². The van der Waals surface area contributed by atoms with Crippen molar-refractivity contribution < 1.29 is 0 Å². The SMILES string of the molecule is c1ccc(-c2ccc(N(c3ccccc3)c3ccc(-c4ccc5c(c4)c4c6sc7ccc(-c8ccccc8)cc7c6c6ccccc6c4n5-c4ccccc4)cc3)cc2)cc1.c1ccc(-c2ccc3sc4c(c3c2)c2ccccc2c2c4c3cc(-c4ccc(N(c5ccccc5)c5ccc6ccccc6c5)cc4)ccc3n2-c2ccccc2)cc1. The Morgan fingerprint density at radius 3 is 0.867 bits per heavy atom. The Kier molecular flexibility index (Phi) is 17.3. The Labute approximate surface area is 702 Å². The number of fused-ring (bicyclic) bond motifs is 21. The Morgan fingerprint density at radius 1 is 0.175 bits per heavy atom. The predicted octanol–water partition coefficient (Wildman–Crippen LogP) is 33.0. The smallest absolute Gasteiger partial charge is 0.0634 e. The van der Waals surface area contributed by atoms with Crippen LogP contribution in [-0.4, -0.2) is 9.13 Å². The summed E-state index contributed by atoms with van der Waals surface area (Å²) in [4.78, 5) is 4.68. The van der Waals surface area contributed by atoms with E-state index in [9.17, 15) is 0 Å². The maximum atomic E-state index is 2.49. The number of nitrogens with zero attached hydrogens (tertiary/aromatic N) is 4. The van der Waals surface area contributed by atoms with Gasteiger partial charge in [-0.25, -0.2) is 0 Å². The van der Waals surface area contributed by atoms with E-state index in [0.717, 1.165) is 45.5 Å². The zero-order valence-electron chi connectivity index (χ0n) is 65.3. The van der Waals surface area contributed by atoms with Gasteiger partial charge in [0.15, 0.2) is 0 Å². The molecule has 120 heavy (non-hydrogen) atoms. The maximum Gasteiger partial charge on any atom is 0.0634 e. The van der Waals surface area contributed by atoms with Crippen molar-refractivity contribution in [3.63, 3.8) is 0 Å². The van der Waals surface area contributed by atoms with Gasteiger partial charge in [0.05, 0.1) is 22.1 Å². The van der Waals surface area contributed by atoms with Gasteiger partial charge in [0.2, 0.25) is 0 Å². The number of aromatic nitrogens is 2. The normalized spacial score (nSPS) is 11.7. The number of thiophene rings is 2. The first kappa shape index (κ1) is 70.2. The van der Waals surface area contributed by atoms with E-state index in [4.69, 9.17) is 0 Å². The molecule has 0 aliphatic heterocycles. The lowest BCUT2D eigenvalue weighted by molar-refractivity contribution is 1.19. The lowest BCUT2D eigenvalue weighted by Gasteiger charge is -2.26. The van der Waals surface area contributed by atoms with Gasteiger partial charge in [0.25, 0.3) is 0 Å². The fourth-order valence-corrected chi connectivity index (χ4v) is 21.0. The van der Waals surface area contributed by atoms with Crippen LogP contribution in [0.5, 0.6) is 0 Å². The van der Waals surface area contributed by atoms with E-state index in [2.05, 4.69) is 468 Å². The molecule has 0 fully saturated rings. The summed E-state index contributed by atoms with van der Waals surface area (Å²) in [5, 5.41) is 18.0. The third kappa shape index (κ3) is 12.1. The van der Waals surface area contributed by atoms with E-state index >= 15 is 0 Å². The summed E-state index contributed by atoms with van der Waals surface area (Å²) in [7, 11) is 0. The summed E-state index contributed by atoms with van der Waals surface area (Å²) in [5.74, 6) is 0. The first-order chi connectivity index (χ1) is 59.5. The molecule has 0 atom stereocenters. The van der Waals surface area contributed by atoms with Crippen LogP contribution in [0.3, 0.4) is 0 Å². The van der Waals surface area contributed by atoms with Gasteiger partial charge in [0.1, 0.15) is 0 Å². The Hall–Kier alpha value is -15.2. The minimum absolute atomic E-state index is 1.11. The molecule has 0 saturated carbocycles. The van der Waals surface area contributed by atoms with E-state index in [1.165, 1.54) is 172 Å². The Bertz CT molecular complexity index is 8020.